The summed E-state index contributed by atoms with van der Waals surface area (Å²) in [7, 11) is 0. The van der Waals surface area contributed by atoms with Crippen molar-refractivity contribution in [2.75, 3.05) is 0 Å². The lowest BCUT2D eigenvalue weighted by Gasteiger charge is -2.02. The van der Waals surface area contributed by atoms with Crippen LogP contribution in [-0.4, -0.2) is 19.9 Å². The molecule has 0 amide bonds. The minimum atomic E-state index is -0.197. The number of hydrogen-bond acceptors (Lipinski definition) is 6. The standard InChI is InChI=1S/C12H11N5OS/c1-2-3-8-6-10(18)17-12(15-8)19-11-14-5-4-9(7-13)16-11/h4-6H,2-3H2,1H3,(H,15,17,18). The van der Waals surface area contributed by atoms with Gasteiger partial charge in [-0.25, -0.2) is 15.0 Å². The summed E-state index contributed by atoms with van der Waals surface area (Å²) < 4.78 is 0. The maximum absolute atomic E-state index is 11.5. The molecule has 0 fully saturated rings. The molecule has 0 aliphatic carbocycles. The molecule has 0 atom stereocenters. The van der Waals surface area contributed by atoms with Gasteiger partial charge in [-0.15, -0.1) is 0 Å². The summed E-state index contributed by atoms with van der Waals surface area (Å²) in [6.07, 6.45) is 3.17. The zero-order valence-electron chi connectivity index (χ0n) is 10.3. The number of hydrogen-bond donors (Lipinski definition) is 1. The van der Waals surface area contributed by atoms with E-state index in [2.05, 4.69) is 19.9 Å². The third-order valence-corrected chi connectivity index (χ3v) is 2.98. The first-order valence-corrected chi connectivity index (χ1v) is 6.54. The largest absolute Gasteiger partial charge is 0.301 e. The predicted molar refractivity (Wildman–Crippen MR) is 69.7 cm³/mol. The number of nitrogens with zero attached hydrogens (tertiary/aromatic N) is 4. The van der Waals surface area contributed by atoms with E-state index in [1.807, 2.05) is 13.0 Å². The smallest absolute Gasteiger partial charge is 0.251 e. The van der Waals surface area contributed by atoms with Gasteiger partial charge in [0, 0.05) is 18.0 Å². The molecule has 96 valence electrons. The Bertz CT molecular complexity index is 676. The Morgan fingerprint density at radius 3 is 3.05 bits per heavy atom. The number of nitriles is 1. The minimum absolute atomic E-state index is 0.197. The lowest BCUT2D eigenvalue weighted by atomic mass is 10.2. The lowest BCUT2D eigenvalue weighted by Crippen LogP contribution is -2.10. The summed E-state index contributed by atoms with van der Waals surface area (Å²) in [5, 5.41) is 9.58. The summed E-state index contributed by atoms with van der Waals surface area (Å²) in [5.41, 5.74) is 0.826. The molecule has 2 heterocycles. The normalized spacial score (nSPS) is 10.1. The molecule has 2 rings (SSSR count). The second kappa shape index (κ2) is 6.11. The van der Waals surface area contributed by atoms with Gasteiger partial charge in [0.05, 0.1) is 0 Å². The molecule has 1 N–H and O–H groups in total. The second-order valence-electron chi connectivity index (χ2n) is 3.73. The van der Waals surface area contributed by atoms with Crippen LogP contribution >= 0.6 is 11.8 Å². The van der Waals surface area contributed by atoms with E-state index in [0.717, 1.165) is 30.3 Å². The van der Waals surface area contributed by atoms with Crippen molar-refractivity contribution < 1.29 is 0 Å². The third kappa shape index (κ3) is 3.63. The molecule has 2 aromatic heterocycles. The highest BCUT2D eigenvalue weighted by atomic mass is 32.2. The number of rotatable bonds is 4. The SMILES string of the molecule is CCCc1cc(=O)[nH]c(Sc2nccc(C#N)n2)n1. The first-order chi connectivity index (χ1) is 9.21. The first kappa shape index (κ1) is 13.2. The first-order valence-electron chi connectivity index (χ1n) is 5.72. The van der Waals surface area contributed by atoms with Crippen molar-refractivity contribution in [3.63, 3.8) is 0 Å². The van der Waals surface area contributed by atoms with E-state index in [1.54, 1.807) is 0 Å². The maximum Gasteiger partial charge on any atom is 0.251 e. The molecule has 0 radical (unpaired) electrons. The van der Waals surface area contributed by atoms with Crippen molar-refractivity contribution in [1.82, 2.24) is 19.9 Å². The van der Waals surface area contributed by atoms with Gasteiger partial charge in [-0.05, 0) is 24.2 Å². The molecule has 0 aliphatic heterocycles. The van der Waals surface area contributed by atoms with E-state index in [4.69, 9.17) is 5.26 Å². The highest BCUT2D eigenvalue weighted by Gasteiger charge is 2.06. The van der Waals surface area contributed by atoms with Gasteiger partial charge in [0.15, 0.2) is 10.3 Å². The Balaban J connectivity index is 2.27. The van der Waals surface area contributed by atoms with Crippen LogP contribution in [0.15, 0.2) is 33.4 Å². The number of H-pyrrole nitrogens is 1. The molecule has 0 saturated carbocycles. The van der Waals surface area contributed by atoms with Crippen molar-refractivity contribution >= 4 is 11.8 Å². The van der Waals surface area contributed by atoms with Gasteiger partial charge in [-0.1, -0.05) is 13.3 Å². The maximum atomic E-state index is 11.5. The molecule has 0 aromatic carbocycles. The highest BCUT2D eigenvalue weighted by molar-refractivity contribution is 7.99. The molecule has 19 heavy (non-hydrogen) atoms. The molecule has 0 bridgehead atoms. The highest BCUT2D eigenvalue weighted by Crippen LogP contribution is 2.19. The molecular formula is C12H11N5OS. The average molecular weight is 273 g/mol. The number of aryl methyl sites for hydroxylation is 1. The second-order valence-corrected chi connectivity index (χ2v) is 4.69. The van der Waals surface area contributed by atoms with Crippen LogP contribution in [0.25, 0.3) is 0 Å². The topological polar surface area (TPSA) is 95.3 Å². The van der Waals surface area contributed by atoms with Gasteiger partial charge in [-0.3, -0.25) is 4.79 Å². The number of aromatic amines is 1. The van der Waals surface area contributed by atoms with Crippen molar-refractivity contribution in [3.05, 3.63) is 40.1 Å². The fourth-order valence-corrected chi connectivity index (χ4v) is 2.20. The van der Waals surface area contributed by atoms with Crippen LogP contribution in [0.4, 0.5) is 0 Å². The van der Waals surface area contributed by atoms with Gasteiger partial charge in [0.25, 0.3) is 5.56 Å². The summed E-state index contributed by atoms with van der Waals surface area (Å²) >= 11 is 1.13. The fourth-order valence-electron chi connectivity index (χ4n) is 1.45. The minimum Gasteiger partial charge on any atom is -0.301 e. The van der Waals surface area contributed by atoms with Gasteiger partial charge in [-0.2, -0.15) is 5.26 Å². The molecule has 6 nitrogen and oxygen atoms in total. The quantitative estimate of drug-likeness (QED) is 0.849. The van der Waals surface area contributed by atoms with E-state index >= 15 is 0 Å². The Labute approximate surface area is 114 Å². The van der Waals surface area contributed by atoms with Crippen LogP contribution in [0, 0.1) is 11.3 Å². The van der Waals surface area contributed by atoms with Crippen LogP contribution in [-0.2, 0) is 6.42 Å². The van der Waals surface area contributed by atoms with Crippen LogP contribution in [0.3, 0.4) is 0 Å². The van der Waals surface area contributed by atoms with Crippen molar-refractivity contribution in [3.8, 4) is 6.07 Å². The molecule has 0 spiro atoms. The molecule has 2 aromatic rings. The Morgan fingerprint density at radius 2 is 2.32 bits per heavy atom. The fraction of sp³-hybridized carbons (Fsp3) is 0.250. The van der Waals surface area contributed by atoms with Crippen LogP contribution < -0.4 is 5.56 Å². The zero-order chi connectivity index (χ0) is 13.7. The zero-order valence-corrected chi connectivity index (χ0v) is 11.1. The van der Waals surface area contributed by atoms with E-state index in [0.29, 0.717) is 10.3 Å². The van der Waals surface area contributed by atoms with E-state index in [1.165, 1.54) is 18.3 Å². The van der Waals surface area contributed by atoms with Crippen molar-refractivity contribution in [2.24, 2.45) is 0 Å². The van der Waals surface area contributed by atoms with Crippen molar-refractivity contribution in [1.29, 1.82) is 5.26 Å². The third-order valence-electron chi connectivity index (χ3n) is 2.22. The molecule has 0 saturated heterocycles. The number of aromatic nitrogens is 4. The molecular weight excluding hydrogens is 262 g/mol. The van der Waals surface area contributed by atoms with Gasteiger partial charge >= 0.3 is 0 Å². The van der Waals surface area contributed by atoms with Gasteiger partial charge < -0.3 is 4.98 Å². The Hall–Kier alpha value is -2.20. The lowest BCUT2D eigenvalue weighted by molar-refractivity contribution is 0.812. The molecule has 0 aliphatic rings. The predicted octanol–water partition coefficient (Wildman–Crippen LogP) is 1.54. The van der Waals surface area contributed by atoms with E-state index in [9.17, 15) is 4.79 Å². The van der Waals surface area contributed by atoms with E-state index < -0.39 is 0 Å². The Kier molecular flexibility index (Phi) is 4.26. The van der Waals surface area contributed by atoms with E-state index in [-0.39, 0.29) is 11.3 Å². The van der Waals surface area contributed by atoms with Crippen LogP contribution in [0.5, 0.6) is 0 Å². The summed E-state index contributed by atoms with van der Waals surface area (Å²) in [6.45, 7) is 2.02. The summed E-state index contributed by atoms with van der Waals surface area (Å²) in [6, 6.07) is 4.95. The van der Waals surface area contributed by atoms with Crippen LogP contribution in [0.2, 0.25) is 0 Å². The Morgan fingerprint density at radius 1 is 1.47 bits per heavy atom. The van der Waals surface area contributed by atoms with Gasteiger partial charge in [0.2, 0.25) is 0 Å². The molecule has 0 unspecified atom stereocenters. The number of nitrogens with one attached hydrogen (secondary N) is 1. The van der Waals surface area contributed by atoms with Crippen molar-refractivity contribution in [2.45, 2.75) is 30.1 Å². The summed E-state index contributed by atoms with van der Waals surface area (Å²) in [5.74, 6) is 0. The monoisotopic (exact) mass is 273 g/mol. The summed E-state index contributed by atoms with van der Waals surface area (Å²) in [4.78, 5) is 26.5. The van der Waals surface area contributed by atoms with Crippen LogP contribution in [0.1, 0.15) is 24.7 Å². The average Bonchev–Trinajstić information content (AvgIpc) is 2.38. The molecule has 7 heteroatoms. The van der Waals surface area contributed by atoms with Gasteiger partial charge in [0.1, 0.15) is 11.8 Å².